The molecule has 2 aromatic heterocycles. The number of nitrogens with two attached hydrogens (primary N) is 2. The van der Waals surface area contributed by atoms with Crippen molar-refractivity contribution >= 4 is 16.0 Å². The van der Waals surface area contributed by atoms with Crippen molar-refractivity contribution in [2.75, 3.05) is 18.1 Å². The number of nitrogen functional groups attached to an aromatic ring is 1. The highest BCUT2D eigenvalue weighted by molar-refractivity contribution is 7.89. The predicted octanol–water partition coefficient (Wildman–Crippen LogP) is 3.17. The molecule has 0 aliphatic carbocycles. The molecular formula is C20H20F3N5O3S. The molecule has 8 nitrogen and oxygen atoms in total. The number of rotatable bonds is 7. The Labute approximate surface area is 182 Å². The highest BCUT2D eigenvalue weighted by Gasteiger charge is 2.33. The standard InChI is InChI=1S/C20H20F3N5O3S/c1-12-10-14(11-15(26-12)20(21,22)23)16-17(13-6-3-2-4-7-13)27-19(24)28-18(16)31-8-5-9-32(25,29)30/h2-4,6-7,10-11H,5,8-9H2,1H3,(H2,24,27,28)(H2,25,29,30). The van der Waals surface area contributed by atoms with Crippen LogP contribution in [0.4, 0.5) is 19.1 Å². The molecule has 0 aliphatic heterocycles. The molecule has 32 heavy (non-hydrogen) atoms. The van der Waals surface area contributed by atoms with Gasteiger partial charge in [0.2, 0.25) is 21.9 Å². The van der Waals surface area contributed by atoms with E-state index in [1.807, 2.05) is 0 Å². The third-order valence-corrected chi connectivity index (χ3v) is 5.14. The molecule has 0 saturated heterocycles. The van der Waals surface area contributed by atoms with E-state index in [0.717, 1.165) is 6.07 Å². The molecule has 1 aromatic carbocycles. The smallest absolute Gasteiger partial charge is 0.433 e. The highest BCUT2D eigenvalue weighted by Crippen LogP contribution is 2.40. The summed E-state index contributed by atoms with van der Waals surface area (Å²) >= 11 is 0. The van der Waals surface area contributed by atoms with Gasteiger partial charge in [-0.3, -0.25) is 0 Å². The number of benzene rings is 1. The van der Waals surface area contributed by atoms with E-state index in [2.05, 4.69) is 15.0 Å². The minimum Gasteiger partial charge on any atom is -0.477 e. The predicted molar refractivity (Wildman–Crippen MR) is 113 cm³/mol. The Morgan fingerprint density at radius 2 is 1.72 bits per heavy atom. The van der Waals surface area contributed by atoms with E-state index in [0.29, 0.717) is 5.56 Å². The van der Waals surface area contributed by atoms with Crippen molar-refractivity contribution in [1.29, 1.82) is 0 Å². The average Bonchev–Trinajstić information content (AvgIpc) is 2.69. The Hall–Kier alpha value is -3.25. The summed E-state index contributed by atoms with van der Waals surface area (Å²) in [4.78, 5) is 11.9. The minimum atomic E-state index is -4.67. The summed E-state index contributed by atoms with van der Waals surface area (Å²) < 4.78 is 68.1. The maximum Gasteiger partial charge on any atom is 0.433 e. The summed E-state index contributed by atoms with van der Waals surface area (Å²) in [6, 6.07) is 11.0. The number of ether oxygens (including phenoxy) is 1. The average molecular weight is 467 g/mol. The molecule has 0 fully saturated rings. The van der Waals surface area contributed by atoms with Crippen molar-refractivity contribution < 1.29 is 26.3 Å². The molecule has 2 heterocycles. The SMILES string of the molecule is Cc1cc(-c2c(OCCCS(N)(=O)=O)nc(N)nc2-c2ccccc2)cc(C(F)(F)F)n1. The van der Waals surface area contributed by atoms with Gasteiger partial charge in [-0.2, -0.15) is 18.2 Å². The lowest BCUT2D eigenvalue weighted by Gasteiger charge is -2.17. The van der Waals surface area contributed by atoms with Crippen molar-refractivity contribution in [2.24, 2.45) is 5.14 Å². The second-order valence-electron chi connectivity index (χ2n) is 6.93. The van der Waals surface area contributed by atoms with Gasteiger partial charge in [0, 0.05) is 11.3 Å². The molecule has 0 saturated carbocycles. The van der Waals surface area contributed by atoms with E-state index in [-0.39, 0.29) is 53.1 Å². The van der Waals surface area contributed by atoms with Crippen molar-refractivity contribution in [2.45, 2.75) is 19.5 Å². The Bertz CT molecular complexity index is 1220. The van der Waals surface area contributed by atoms with Gasteiger partial charge in [0.05, 0.1) is 23.6 Å². The van der Waals surface area contributed by atoms with Crippen molar-refractivity contribution in [3.05, 3.63) is 53.9 Å². The van der Waals surface area contributed by atoms with E-state index in [4.69, 9.17) is 15.6 Å². The van der Waals surface area contributed by atoms with Gasteiger partial charge in [0.1, 0.15) is 5.69 Å². The normalized spacial score (nSPS) is 12.0. The molecule has 0 radical (unpaired) electrons. The van der Waals surface area contributed by atoms with Crippen LogP contribution in [-0.4, -0.2) is 35.7 Å². The van der Waals surface area contributed by atoms with E-state index in [1.54, 1.807) is 30.3 Å². The summed E-state index contributed by atoms with van der Waals surface area (Å²) in [5.41, 5.74) is 6.03. The Morgan fingerprint density at radius 1 is 1.03 bits per heavy atom. The number of hydrogen-bond donors (Lipinski definition) is 2. The van der Waals surface area contributed by atoms with E-state index in [9.17, 15) is 21.6 Å². The summed E-state index contributed by atoms with van der Waals surface area (Å²) in [5.74, 6) is -0.568. The van der Waals surface area contributed by atoms with Gasteiger partial charge in [-0.1, -0.05) is 30.3 Å². The molecule has 0 aliphatic rings. The number of halogens is 3. The van der Waals surface area contributed by atoms with Crippen LogP contribution in [0.2, 0.25) is 0 Å². The Kier molecular flexibility index (Phi) is 6.65. The van der Waals surface area contributed by atoms with E-state index in [1.165, 1.54) is 13.0 Å². The molecule has 12 heteroatoms. The van der Waals surface area contributed by atoms with Crippen LogP contribution < -0.4 is 15.6 Å². The maximum atomic E-state index is 13.4. The van der Waals surface area contributed by atoms with Crippen LogP contribution in [0.5, 0.6) is 5.88 Å². The van der Waals surface area contributed by atoms with Crippen LogP contribution in [0.25, 0.3) is 22.4 Å². The first-order chi connectivity index (χ1) is 14.9. The number of alkyl halides is 3. The Balaban J connectivity index is 2.16. The number of aryl methyl sites for hydroxylation is 1. The molecule has 0 spiro atoms. The molecule has 0 unspecified atom stereocenters. The molecule has 4 N–H and O–H groups in total. The number of aromatic nitrogens is 3. The zero-order chi connectivity index (χ0) is 23.5. The summed E-state index contributed by atoms with van der Waals surface area (Å²) in [5, 5.41) is 4.99. The quantitative estimate of drug-likeness (QED) is 0.510. The summed E-state index contributed by atoms with van der Waals surface area (Å²) in [6.07, 6.45) is -4.62. The third kappa shape index (κ3) is 5.92. The van der Waals surface area contributed by atoms with Crippen LogP contribution in [0.3, 0.4) is 0 Å². The highest BCUT2D eigenvalue weighted by atomic mass is 32.2. The van der Waals surface area contributed by atoms with Gasteiger partial charge in [0.25, 0.3) is 0 Å². The molecule has 3 aromatic rings. The first kappa shape index (κ1) is 23.4. The van der Waals surface area contributed by atoms with E-state index < -0.39 is 21.9 Å². The molecule has 0 bridgehead atoms. The molecule has 3 rings (SSSR count). The lowest BCUT2D eigenvalue weighted by atomic mass is 9.99. The van der Waals surface area contributed by atoms with Crippen LogP contribution in [0, 0.1) is 6.92 Å². The first-order valence-electron chi connectivity index (χ1n) is 9.36. The fraction of sp³-hybridized carbons (Fsp3) is 0.250. The van der Waals surface area contributed by atoms with Crippen LogP contribution in [0.15, 0.2) is 42.5 Å². The molecule has 0 atom stereocenters. The topological polar surface area (TPSA) is 134 Å². The van der Waals surface area contributed by atoms with Gasteiger partial charge in [-0.15, -0.1) is 0 Å². The van der Waals surface area contributed by atoms with Crippen LogP contribution in [-0.2, 0) is 16.2 Å². The van der Waals surface area contributed by atoms with Crippen LogP contribution in [0.1, 0.15) is 17.8 Å². The fourth-order valence-electron chi connectivity index (χ4n) is 3.01. The van der Waals surface area contributed by atoms with Gasteiger partial charge in [-0.25, -0.2) is 23.5 Å². The molecule has 170 valence electrons. The second kappa shape index (κ2) is 9.09. The summed E-state index contributed by atoms with van der Waals surface area (Å²) in [7, 11) is -3.70. The number of hydrogen-bond acceptors (Lipinski definition) is 7. The van der Waals surface area contributed by atoms with Crippen LogP contribution >= 0.6 is 0 Å². The molecular weight excluding hydrogens is 447 g/mol. The van der Waals surface area contributed by atoms with E-state index >= 15 is 0 Å². The monoisotopic (exact) mass is 467 g/mol. The van der Waals surface area contributed by atoms with Crippen molar-refractivity contribution in [3.8, 4) is 28.3 Å². The van der Waals surface area contributed by atoms with Gasteiger partial charge < -0.3 is 10.5 Å². The fourth-order valence-corrected chi connectivity index (χ4v) is 3.53. The second-order valence-corrected chi connectivity index (χ2v) is 8.66. The number of anilines is 1. The van der Waals surface area contributed by atoms with Gasteiger partial charge in [-0.05, 0) is 31.0 Å². The minimum absolute atomic E-state index is 0.0476. The summed E-state index contributed by atoms with van der Waals surface area (Å²) in [6.45, 7) is 1.33. The number of primary sulfonamides is 1. The van der Waals surface area contributed by atoms with Crippen molar-refractivity contribution in [3.63, 3.8) is 0 Å². The van der Waals surface area contributed by atoms with Gasteiger partial charge in [0.15, 0.2) is 0 Å². The first-order valence-corrected chi connectivity index (χ1v) is 11.1. The van der Waals surface area contributed by atoms with Crippen molar-refractivity contribution in [1.82, 2.24) is 15.0 Å². The number of nitrogens with zero attached hydrogens (tertiary/aromatic N) is 3. The number of pyridine rings is 1. The lowest BCUT2D eigenvalue weighted by molar-refractivity contribution is -0.141. The largest absolute Gasteiger partial charge is 0.477 e. The maximum absolute atomic E-state index is 13.4. The zero-order valence-corrected chi connectivity index (χ0v) is 17.7. The van der Waals surface area contributed by atoms with Gasteiger partial charge >= 0.3 is 6.18 Å². The Morgan fingerprint density at radius 3 is 2.34 bits per heavy atom. The number of sulfonamides is 1. The third-order valence-electron chi connectivity index (χ3n) is 4.28. The lowest BCUT2D eigenvalue weighted by Crippen LogP contribution is -2.18. The molecule has 0 amide bonds. The zero-order valence-electron chi connectivity index (χ0n) is 16.9.